The molecule has 2 heterocycles. The number of nitrogens with zero attached hydrogens (tertiary/aromatic N) is 1. The average molecular weight is 217 g/mol. The highest BCUT2D eigenvalue weighted by molar-refractivity contribution is 5.92. The lowest BCUT2D eigenvalue weighted by Crippen LogP contribution is -2.02. The van der Waals surface area contributed by atoms with Gasteiger partial charge in [0.15, 0.2) is 0 Å². The molecule has 0 aliphatic rings. The summed E-state index contributed by atoms with van der Waals surface area (Å²) in [6, 6.07) is 3.75. The van der Waals surface area contributed by atoms with Crippen molar-refractivity contribution in [3.05, 3.63) is 47.5 Å². The molecule has 0 radical (unpaired) electrons. The van der Waals surface area contributed by atoms with E-state index in [1.54, 1.807) is 18.6 Å². The smallest absolute Gasteiger partial charge is 0.354 e. The minimum atomic E-state index is -1.05. The predicted molar refractivity (Wildman–Crippen MR) is 59.2 cm³/mol. The van der Waals surface area contributed by atoms with E-state index in [1.807, 2.05) is 12.1 Å². The van der Waals surface area contributed by atoms with Crippen molar-refractivity contribution in [2.75, 3.05) is 5.73 Å². The number of hydrogen-bond donors (Lipinski definition) is 3. The molecule has 0 atom stereocenters. The number of hydrogen-bond acceptors (Lipinski definition) is 3. The van der Waals surface area contributed by atoms with Gasteiger partial charge in [-0.15, -0.1) is 0 Å². The number of carboxylic acids is 1. The Morgan fingerprint density at radius 2 is 2.38 bits per heavy atom. The summed E-state index contributed by atoms with van der Waals surface area (Å²) in [4.78, 5) is 17.4. The summed E-state index contributed by atoms with van der Waals surface area (Å²) >= 11 is 0. The summed E-state index contributed by atoms with van der Waals surface area (Å²) in [5.41, 5.74) is 7.81. The van der Waals surface area contributed by atoms with Gasteiger partial charge in [-0.25, -0.2) is 4.79 Å². The quantitative estimate of drug-likeness (QED) is 0.722. The highest BCUT2D eigenvalue weighted by atomic mass is 16.4. The van der Waals surface area contributed by atoms with Crippen LogP contribution in [0.3, 0.4) is 0 Å². The molecular formula is C11H11N3O2. The number of aromatic carboxylic acids is 1. The third kappa shape index (κ3) is 1.88. The fourth-order valence-corrected chi connectivity index (χ4v) is 1.52. The van der Waals surface area contributed by atoms with E-state index in [0.29, 0.717) is 6.42 Å². The van der Waals surface area contributed by atoms with Crippen molar-refractivity contribution in [1.29, 1.82) is 0 Å². The number of nitrogen functional groups attached to an aromatic ring is 1. The van der Waals surface area contributed by atoms with E-state index in [4.69, 9.17) is 10.8 Å². The Labute approximate surface area is 91.9 Å². The molecule has 16 heavy (non-hydrogen) atoms. The number of nitrogens with two attached hydrogens (primary N) is 1. The number of carboxylic acid groups (broad SMARTS) is 1. The van der Waals surface area contributed by atoms with E-state index in [2.05, 4.69) is 9.97 Å². The first kappa shape index (κ1) is 10.2. The number of aromatic amines is 1. The summed E-state index contributed by atoms with van der Waals surface area (Å²) in [5.74, 6) is -1.05. The number of H-pyrrole nitrogens is 1. The lowest BCUT2D eigenvalue weighted by atomic mass is 10.1. The van der Waals surface area contributed by atoms with Gasteiger partial charge in [0.1, 0.15) is 5.69 Å². The molecule has 0 bridgehead atoms. The van der Waals surface area contributed by atoms with Crippen LogP contribution in [-0.2, 0) is 6.42 Å². The van der Waals surface area contributed by atoms with Gasteiger partial charge in [-0.1, -0.05) is 6.07 Å². The van der Waals surface area contributed by atoms with Gasteiger partial charge in [0.05, 0.1) is 5.69 Å². The maximum Gasteiger partial charge on any atom is 0.354 e. The molecule has 5 nitrogen and oxygen atoms in total. The van der Waals surface area contributed by atoms with E-state index in [0.717, 1.165) is 11.1 Å². The summed E-state index contributed by atoms with van der Waals surface area (Å²) in [6.07, 6.45) is 5.61. The largest absolute Gasteiger partial charge is 0.477 e. The van der Waals surface area contributed by atoms with Crippen molar-refractivity contribution < 1.29 is 9.90 Å². The van der Waals surface area contributed by atoms with Crippen LogP contribution in [-0.4, -0.2) is 21.0 Å². The normalized spacial score (nSPS) is 10.2. The van der Waals surface area contributed by atoms with Crippen molar-refractivity contribution in [3.8, 4) is 0 Å². The molecule has 4 N–H and O–H groups in total. The Balaban J connectivity index is 2.26. The number of pyridine rings is 1. The topological polar surface area (TPSA) is 92.0 Å². The van der Waals surface area contributed by atoms with Crippen molar-refractivity contribution in [2.45, 2.75) is 6.42 Å². The molecule has 0 unspecified atom stereocenters. The third-order valence-corrected chi connectivity index (χ3v) is 2.34. The van der Waals surface area contributed by atoms with Crippen LogP contribution >= 0.6 is 0 Å². The molecule has 0 aliphatic carbocycles. The van der Waals surface area contributed by atoms with Gasteiger partial charge in [-0.05, 0) is 17.2 Å². The van der Waals surface area contributed by atoms with Crippen LogP contribution in [0.15, 0.2) is 30.7 Å². The molecule has 0 saturated heterocycles. The van der Waals surface area contributed by atoms with Gasteiger partial charge in [0.25, 0.3) is 0 Å². The van der Waals surface area contributed by atoms with Gasteiger partial charge in [0.2, 0.25) is 0 Å². The number of nitrogens with one attached hydrogen (secondary N) is 1. The summed E-state index contributed by atoms with van der Waals surface area (Å²) < 4.78 is 0. The maximum absolute atomic E-state index is 10.8. The van der Waals surface area contributed by atoms with Crippen LogP contribution in [0.4, 0.5) is 5.69 Å². The van der Waals surface area contributed by atoms with Gasteiger partial charge >= 0.3 is 5.97 Å². The fraction of sp³-hybridized carbons (Fsp3) is 0.0909. The summed E-state index contributed by atoms with van der Waals surface area (Å²) in [7, 11) is 0. The van der Waals surface area contributed by atoms with Gasteiger partial charge < -0.3 is 15.8 Å². The second kappa shape index (κ2) is 4.06. The summed E-state index contributed by atoms with van der Waals surface area (Å²) in [5, 5.41) is 8.82. The Bertz CT molecular complexity index is 505. The minimum Gasteiger partial charge on any atom is -0.477 e. The maximum atomic E-state index is 10.8. The van der Waals surface area contributed by atoms with Crippen molar-refractivity contribution in [1.82, 2.24) is 9.97 Å². The van der Waals surface area contributed by atoms with Gasteiger partial charge in [-0.2, -0.15) is 0 Å². The average Bonchev–Trinajstić information content (AvgIpc) is 2.62. The minimum absolute atomic E-state index is 0.0406. The van der Waals surface area contributed by atoms with Crippen molar-refractivity contribution >= 4 is 11.7 Å². The fourth-order valence-electron chi connectivity index (χ4n) is 1.52. The van der Waals surface area contributed by atoms with E-state index in [9.17, 15) is 4.79 Å². The molecular weight excluding hydrogens is 206 g/mol. The van der Waals surface area contributed by atoms with Crippen LogP contribution in [0.1, 0.15) is 21.6 Å². The zero-order chi connectivity index (χ0) is 11.5. The van der Waals surface area contributed by atoms with E-state index in [1.165, 1.54) is 0 Å². The molecule has 0 aromatic carbocycles. The molecule has 2 rings (SSSR count). The number of rotatable bonds is 3. The van der Waals surface area contributed by atoms with E-state index >= 15 is 0 Å². The zero-order valence-corrected chi connectivity index (χ0v) is 8.47. The Morgan fingerprint density at radius 3 is 2.94 bits per heavy atom. The molecule has 0 amide bonds. The zero-order valence-electron chi connectivity index (χ0n) is 8.47. The van der Waals surface area contributed by atoms with Gasteiger partial charge in [-0.3, -0.25) is 4.98 Å². The lowest BCUT2D eigenvalue weighted by molar-refractivity contribution is 0.0692. The van der Waals surface area contributed by atoms with E-state index < -0.39 is 5.97 Å². The van der Waals surface area contributed by atoms with Crippen LogP contribution in [0.5, 0.6) is 0 Å². The molecule has 0 aliphatic heterocycles. The lowest BCUT2D eigenvalue weighted by Gasteiger charge is -2.00. The Kier molecular flexibility index (Phi) is 2.59. The first-order valence-electron chi connectivity index (χ1n) is 4.76. The number of anilines is 1. The predicted octanol–water partition coefficient (Wildman–Crippen LogP) is 1.28. The number of carbonyl (C=O) groups is 1. The SMILES string of the molecule is Nc1c(Cc2cccnc2)c[nH]c1C(=O)O. The first-order valence-corrected chi connectivity index (χ1v) is 4.76. The van der Waals surface area contributed by atoms with Crippen LogP contribution in [0, 0.1) is 0 Å². The highest BCUT2D eigenvalue weighted by Crippen LogP contribution is 2.19. The van der Waals surface area contributed by atoms with Crippen LogP contribution in [0.25, 0.3) is 0 Å². The van der Waals surface area contributed by atoms with E-state index in [-0.39, 0.29) is 11.4 Å². The molecule has 82 valence electrons. The Hall–Kier alpha value is -2.30. The van der Waals surface area contributed by atoms with Crippen molar-refractivity contribution in [3.63, 3.8) is 0 Å². The molecule has 2 aromatic heterocycles. The monoisotopic (exact) mass is 217 g/mol. The van der Waals surface area contributed by atoms with Crippen LogP contribution < -0.4 is 5.73 Å². The molecule has 0 spiro atoms. The molecule has 2 aromatic rings. The van der Waals surface area contributed by atoms with Crippen LogP contribution in [0.2, 0.25) is 0 Å². The van der Waals surface area contributed by atoms with Crippen molar-refractivity contribution in [2.24, 2.45) is 0 Å². The third-order valence-electron chi connectivity index (χ3n) is 2.34. The number of aromatic nitrogens is 2. The second-order valence-corrected chi connectivity index (χ2v) is 3.45. The first-order chi connectivity index (χ1) is 7.68. The molecule has 0 saturated carbocycles. The molecule has 0 fully saturated rings. The molecule has 5 heteroatoms. The Morgan fingerprint density at radius 1 is 1.56 bits per heavy atom. The van der Waals surface area contributed by atoms with Gasteiger partial charge in [0, 0.05) is 25.0 Å². The second-order valence-electron chi connectivity index (χ2n) is 3.45. The highest BCUT2D eigenvalue weighted by Gasteiger charge is 2.13. The standard InChI is InChI=1S/C11H11N3O2/c12-9-8(6-14-10(9)11(15)16)4-7-2-1-3-13-5-7/h1-3,5-6,14H,4,12H2,(H,15,16). The summed E-state index contributed by atoms with van der Waals surface area (Å²) in [6.45, 7) is 0.